The molecule has 2 rings (SSSR count). The highest BCUT2D eigenvalue weighted by atomic mass is 32.1. The number of rotatable bonds is 4. The van der Waals surface area contributed by atoms with Gasteiger partial charge >= 0.3 is 0 Å². The smallest absolute Gasteiger partial charge is 0.132 e. The van der Waals surface area contributed by atoms with Crippen LogP contribution in [0.25, 0.3) is 0 Å². The van der Waals surface area contributed by atoms with Crippen molar-refractivity contribution < 1.29 is 8.78 Å². The fourth-order valence-electron chi connectivity index (χ4n) is 2.69. The van der Waals surface area contributed by atoms with Gasteiger partial charge in [-0.2, -0.15) is 0 Å². The van der Waals surface area contributed by atoms with Crippen LogP contribution in [0.5, 0.6) is 0 Å². The number of allylic oxidation sites excluding steroid dienone is 2. The molecular formula is C21H23F2NS. The first-order valence-electron chi connectivity index (χ1n) is 8.13. The molecule has 2 aromatic rings. The average molecular weight is 359 g/mol. The van der Waals surface area contributed by atoms with E-state index < -0.39 is 0 Å². The summed E-state index contributed by atoms with van der Waals surface area (Å²) in [6, 6.07) is 8.10. The molecule has 0 aromatic heterocycles. The van der Waals surface area contributed by atoms with Crippen molar-refractivity contribution in [1.29, 1.82) is 0 Å². The molecule has 132 valence electrons. The van der Waals surface area contributed by atoms with E-state index in [1.807, 2.05) is 33.8 Å². The summed E-state index contributed by atoms with van der Waals surface area (Å²) in [4.78, 5) is 4.85. The van der Waals surface area contributed by atoms with E-state index in [9.17, 15) is 8.78 Å². The fourth-order valence-corrected chi connectivity index (χ4v) is 2.95. The zero-order valence-electron chi connectivity index (χ0n) is 15.2. The SMILES string of the molecule is CN=C(C(C)=C(C)C)c1ccc(Cc2c(F)ccc(C)c2S)cc1F. The molecule has 0 N–H and O–H groups in total. The van der Waals surface area contributed by atoms with Crippen molar-refractivity contribution >= 4 is 18.3 Å². The van der Waals surface area contributed by atoms with Gasteiger partial charge in [-0.25, -0.2) is 8.78 Å². The number of aryl methyl sites for hydroxylation is 1. The molecule has 0 saturated heterocycles. The van der Waals surface area contributed by atoms with E-state index in [0.29, 0.717) is 33.7 Å². The van der Waals surface area contributed by atoms with E-state index in [4.69, 9.17) is 0 Å². The van der Waals surface area contributed by atoms with Gasteiger partial charge in [-0.1, -0.05) is 17.7 Å². The molecule has 0 fully saturated rings. The van der Waals surface area contributed by atoms with Crippen LogP contribution >= 0.6 is 12.6 Å². The van der Waals surface area contributed by atoms with Gasteiger partial charge in [0.05, 0.1) is 5.71 Å². The van der Waals surface area contributed by atoms with Crippen LogP contribution < -0.4 is 0 Å². The number of hydrogen-bond donors (Lipinski definition) is 1. The number of halogens is 2. The number of nitrogens with zero attached hydrogens (tertiary/aromatic N) is 1. The van der Waals surface area contributed by atoms with Crippen molar-refractivity contribution in [2.24, 2.45) is 4.99 Å². The molecule has 0 radical (unpaired) electrons. The molecule has 0 aliphatic carbocycles. The van der Waals surface area contributed by atoms with Gasteiger partial charge in [0, 0.05) is 29.5 Å². The topological polar surface area (TPSA) is 12.4 Å². The second-order valence-electron chi connectivity index (χ2n) is 6.38. The molecule has 0 aliphatic heterocycles. The number of aliphatic imine (C=N–C) groups is 1. The van der Waals surface area contributed by atoms with E-state index in [1.54, 1.807) is 19.2 Å². The number of hydrogen-bond acceptors (Lipinski definition) is 2. The van der Waals surface area contributed by atoms with Gasteiger partial charge in [-0.3, -0.25) is 4.99 Å². The first-order chi connectivity index (χ1) is 11.8. The van der Waals surface area contributed by atoms with Crippen LogP contribution in [-0.2, 0) is 6.42 Å². The summed E-state index contributed by atoms with van der Waals surface area (Å²) < 4.78 is 28.8. The van der Waals surface area contributed by atoms with E-state index in [2.05, 4.69) is 17.6 Å². The summed E-state index contributed by atoms with van der Waals surface area (Å²) in [5.41, 5.74) is 5.23. The molecule has 4 heteroatoms. The second-order valence-corrected chi connectivity index (χ2v) is 6.83. The largest absolute Gasteiger partial charge is 0.288 e. The van der Waals surface area contributed by atoms with Gasteiger partial charge in [0.1, 0.15) is 11.6 Å². The van der Waals surface area contributed by atoms with Crippen molar-refractivity contribution in [2.75, 3.05) is 7.05 Å². The van der Waals surface area contributed by atoms with Crippen LogP contribution in [0, 0.1) is 18.6 Å². The minimum atomic E-state index is -0.354. The highest BCUT2D eigenvalue weighted by Crippen LogP contribution is 2.26. The van der Waals surface area contributed by atoms with E-state index >= 15 is 0 Å². The van der Waals surface area contributed by atoms with Crippen molar-refractivity contribution in [3.63, 3.8) is 0 Å². The summed E-state index contributed by atoms with van der Waals surface area (Å²) in [5.74, 6) is -0.677. The number of benzene rings is 2. The molecular weight excluding hydrogens is 336 g/mol. The lowest BCUT2D eigenvalue weighted by atomic mass is 9.96. The second kappa shape index (κ2) is 7.96. The Labute approximate surface area is 153 Å². The van der Waals surface area contributed by atoms with Gasteiger partial charge in [-0.05, 0) is 62.6 Å². The zero-order valence-corrected chi connectivity index (χ0v) is 16.1. The van der Waals surface area contributed by atoms with Gasteiger partial charge in [0.25, 0.3) is 0 Å². The van der Waals surface area contributed by atoms with Crippen LogP contribution in [0.1, 0.15) is 43.0 Å². The lowest BCUT2D eigenvalue weighted by Crippen LogP contribution is -2.08. The van der Waals surface area contributed by atoms with Crippen LogP contribution in [0.2, 0.25) is 0 Å². The summed E-state index contributed by atoms with van der Waals surface area (Å²) in [6.07, 6.45) is 0.295. The predicted molar refractivity (Wildman–Crippen MR) is 104 cm³/mol. The lowest BCUT2D eigenvalue weighted by Gasteiger charge is -2.13. The maximum Gasteiger partial charge on any atom is 0.132 e. The van der Waals surface area contributed by atoms with Crippen molar-refractivity contribution in [2.45, 2.75) is 39.0 Å². The summed E-state index contributed by atoms with van der Waals surface area (Å²) in [5, 5.41) is 0. The highest BCUT2D eigenvalue weighted by molar-refractivity contribution is 7.80. The van der Waals surface area contributed by atoms with Crippen molar-refractivity contribution in [3.05, 3.63) is 75.4 Å². The Bertz CT molecular complexity index is 862. The van der Waals surface area contributed by atoms with Gasteiger partial charge in [0.2, 0.25) is 0 Å². The molecule has 0 spiro atoms. The predicted octanol–water partition coefficient (Wildman–Crippen LogP) is 5.93. The minimum absolute atomic E-state index is 0.295. The normalized spacial score (nSPS) is 11.6. The Morgan fingerprint density at radius 2 is 1.72 bits per heavy atom. The molecule has 25 heavy (non-hydrogen) atoms. The van der Waals surface area contributed by atoms with Crippen molar-refractivity contribution in [3.8, 4) is 0 Å². The molecule has 0 aliphatic rings. The van der Waals surface area contributed by atoms with E-state index in [1.165, 1.54) is 12.1 Å². The van der Waals surface area contributed by atoms with Crippen LogP contribution in [0.15, 0.2) is 51.4 Å². The molecule has 0 unspecified atom stereocenters. The standard InChI is InChI=1S/C21H23F2NS/c1-12(2)14(4)20(24-5)16-8-7-15(11-19(16)23)10-17-18(22)9-6-13(3)21(17)25/h6-9,11,25H,10H2,1-5H3. The zero-order chi connectivity index (χ0) is 18.7. The Hall–Kier alpha value is -1.94. The first-order valence-corrected chi connectivity index (χ1v) is 8.58. The average Bonchev–Trinajstić information content (AvgIpc) is 2.57. The molecule has 0 heterocycles. The Balaban J connectivity index is 2.42. The van der Waals surface area contributed by atoms with E-state index in [0.717, 1.165) is 16.7 Å². The third-order valence-electron chi connectivity index (χ3n) is 4.43. The minimum Gasteiger partial charge on any atom is -0.288 e. The molecule has 0 bridgehead atoms. The maximum absolute atomic E-state index is 14.7. The van der Waals surface area contributed by atoms with Crippen molar-refractivity contribution in [1.82, 2.24) is 0 Å². The summed E-state index contributed by atoms with van der Waals surface area (Å²) in [6.45, 7) is 7.75. The Morgan fingerprint density at radius 1 is 1.04 bits per heavy atom. The Kier molecular flexibility index (Phi) is 6.17. The summed E-state index contributed by atoms with van der Waals surface area (Å²) >= 11 is 4.40. The Morgan fingerprint density at radius 3 is 2.28 bits per heavy atom. The molecule has 0 saturated carbocycles. The third-order valence-corrected chi connectivity index (χ3v) is 5.05. The van der Waals surface area contributed by atoms with Crippen LogP contribution in [0.4, 0.5) is 8.78 Å². The van der Waals surface area contributed by atoms with Gasteiger partial charge in [-0.15, -0.1) is 12.6 Å². The monoisotopic (exact) mass is 359 g/mol. The maximum atomic E-state index is 14.7. The highest BCUT2D eigenvalue weighted by Gasteiger charge is 2.15. The lowest BCUT2D eigenvalue weighted by molar-refractivity contribution is 0.605. The number of thiol groups is 1. The molecule has 1 nitrogen and oxygen atoms in total. The quantitative estimate of drug-likeness (QED) is 0.513. The van der Waals surface area contributed by atoms with Gasteiger partial charge < -0.3 is 0 Å². The van der Waals surface area contributed by atoms with Crippen LogP contribution in [-0.4, -0.2) is 12.8 Å². The van der Waals surface area contributed by atoms with E-state index in [-0.39, 0.29) is 11.6 Å². The fraction of sp³-hybridized carbons (Fsp3) is 0.286. The van der Waals surface area contributed by atoms with Crippen LogP contribution in [0.3, 0.4) is 0 Å². The third kappa shape index (κ3) is 4.18. The first kappa shape index (κ1) is 19.4. The molecule has 2 aromatic carbocycles. The summed E-state index contributed by atoms with van der Waals surface area (Å²) in [7, 11) is 1.66. The molecule has 0 amide bonds. The van der Waals surface area contributed by atoms with Gasteiger partial charge in [0.15, 0.2) is 0 Å². The molecule has 0 atom stereocenters.